The molecule has 0 amide bonds. The average molecular weight is 422 g/mol. The Bertz CT molecular complexity index is 850. The van der Waals surface area contributed by atoms with Gasteiger partial charge in [-0.15, -0.1) is 0 Å². The minimum absolute atomic E-state index is 0.384. The van der Waals surface area contributed by atoms with Gasteiger partial charge in [0.15, 0.2) is 11.9 Å². The third kappa shape index (κ3) is 8.00. The van der Waals surface area contributed by atoms with Crippen LogP contribution in [0.4, 0.5) is 17.1 Å². The minimum Gasteiger partial charge on any atom is -0.863 e. The first-order valence-corrected chi connectivity index (χ1v) is 12.4. The molecule has 12 heteroatoms. The van der Waals surface area contributed by atoms with Crippen LogP contribution in [0.2, 0.25) is 25.7 Å². The summed E-state index contributed by atoms with van der Waals surface area (Å²) in [6, 6.07) is 8.49. The number of aromatic nitrogens is 1. The van der Waals surface area contributed by atoms with Crippen molar-refractivity contribution < 1.29 is 24.9 Å². The normalized spacial score (nSPS) is 10.6. The van der Waals surface area contributed by atoms with Crippen LogP contribution in [0.5, 0.6) is 5.75 Å². The van der Waals surface area contributed by atoms with Crippen LogP contribution < -0.4 is 10.1 Å². The second-order valence-electron chi connectivity index (χ2n) is 7.39. The van der Waals surface area contributed by atoms with Gasteiger partial charge >= 0.3 is 0 Å². The summed E-state index contributed by atoms with van der Waals surface area (Å²) in [5.41, 5.74) is -1.90. The Morgan fingerprint density at radius 3 is 1.86 bits per heavy atom. The maximum Gasteiger partial charge on any atom is 0.283 e. The molecule has 0 aliphatic rings. The van der Waals surface area contributed by atoms with Gasteiger partial charge in [0.2, 0.25) is 0 Å². The van der Waals surface area contributed by atoms with E-state index in [0.717, 1.165) is 0 Å². The molecule has 1 heterocycles. The highest BCUT2D eigenvalue weighted by Gasteiger charge is 2.24. The van der Waals surface area contributed by atoms with Gasteiger partial charge in [0, 0.05) is 26.6 Å². The smallest absolute Gasteiger partial charge is 0.283 e. The van der Waals surface area contributed by atoms with Gasteiger partial charge in [0.05, 0.1) is 32.7 Å². The van der Waals surface area contributed by atoms with Crippen molar-refractivity contribution >= 4 is 25.1 Å². The molecule has 0 fully saturated rings. The molecule has 1 aromatic carbocycles. The SMILES string of the molecule is C[Si](C)(C)CCCc1cccc[nH+]1.O=[N+]([O-])c1cc([N+](=O)[O-])c([O-])c([N+](=O)[O-])c1. The van der Waals surface area contributed by atoms with Gasteiger partial charge < -0.3 is 5.11 Å². The predicted molar refractivity (Wildman–Crippen MR) is 105 cm³/mol. The van der Waals surface area contributed by atoms with Crippen molar-refractivity contribution in [1.82, 2.24) is 0 Å². The largest absolute Gasteiger partial charge is 0.863 e. The Labute approximate surface area is 167 Å². The maximum absolute atomic E-state index is 11.1. The molecule has 1 N–H and O–H groups in total. The number of benzene rings is 1. The number of pyridine rings is 1. The van der Waals surface area contributed by atoms with Crippen molar-refractivity contribution in [2.24, 2.45) is 0 Å². The van der Waals surface area contributed by atoms with Crippen LogP contribution in [0.3, 0.4) is 0 Å². The van der Waals surface area contributed by atoms with Crippen LogP contribution in [0, 0.1) is 30.3 Å². The number of non-ortho nitro benzene ring substituents is 1. The summed E-state index contributed by atoms with van der Waals surface area (Å²) < 4.78 is 0. The predicted octanol–water partition coefficient (Wildman–Crippen LogP) is 3.26. The number of aryl methyl sites for hydroxylation is 1. The molecule has 2 aromatic rings. The highest BCUT2D eigenvalue weighted by molar-refractivity contribution is 6.76. The first-order valence-electron chi connectivity index (χ1n) is 8.66. The van der Waals surface area contributed by atoms with E-state index in [2.05, 4.69) is 36.8 Å². The van der Waals surface area contributed by atoms with E-state index in [1.54, 1.807) is 0 Å². The molecule has 0 saturated heterocycles. The van der Waals surface area contributed by atoms with Gasteiger partial charge in [-0.05, 0) is 6.42 Å². The van der Waals surface area contributed by atoms with E-state index >= 15 is 0 Å². The summed E-state index contributed by atoms with van der Waals surface area (Å²) in [6.07, 6.45) is 4.53. The Morgan fingerprint density at radius 2 is 1.48 bits per heavy atom. The Hall–Kier alpha value is -3.41. The first kappa shape index (κ1) is 23.6. The molecule has 29 heavy (non-hydrogen) atoms. The van der Waals surface area contributed by atoms with Gasteiger partial charge in [0.1, 0.15) is 0 Å². The number of nitrogens with one attached hydrogen (secondary N) is 1. The fraction of sp³-hybridized carbons (Fsp3) is 0.353. The number of nitrogens with zero attached hydrogens (tertiary/aromatic N) is 3. The molecule has 0 bridgehead atoms. The summed E-state index contributed by atoms with van der Waals surface area (Å²) in [7, 11) is -0.825. The van der Waals surface area contributed by atoms with E-state index < -0.39 is 45.7 Å². The zero-order valence-electron chi connectivity index (χ0n) is 16.3. The van der Waals surface area contributed by atoms with E-state index in [4.69, 9.17) is 0 Å². The molecule has 0 aliphatic carbocycles. The lowest BCUT2D eigenvalue weighted by atomic mass is 10.2. The maximum atomic E-state index is 11.1. The number of aromatic amines is 1. The monoisotopic (exact) mass is 422 g/mol. The molecule has 0 spiro atoms. The lowest BCUT2D eigenvalue weighted by molar-refractivity contribution is -0.420. The summed E-state index contributed by atoms with van der Waals surface area (Å²) >= 11 is 0. The number of hydrogen-bond acceptors (Lipinski definition) is 7. The zero-order chi connectivity index (χ0) is 22.2. The van der Waals surface area contributed by atoms with E-state index in [1.165, 1.54) is 24.6 Å². The van der Waals surface area contributed by atoms with Crippen LogP contribution in [0.25, 0.3) is 0 Å². The molecule has 0 atom stereocenters. The van der Waals surface area contributed by atoms with Gasteiger partial charge in [-0.2, -0.15) is 0 Å². The highest BCUT2D eigenvalue weighted by Crippen LogP contribution is 2.36. The fourth-order valence-corrected chi connectivity index (χ4v) is 3.59. The van der Waals surface area contributed by atoms with Crippen molar-refractivity contribution in [3.05, 3.63) is 72.6 Å². The van der Waals surface area contributed by atoms with Crippen molar-refractivity contribution in [3.63, 3.8) is 0 Å². The molecule has 2 rings (SSSR count). The molecule has 0 radical (unpaired) electrons. The lowest BCUT2D eigenvalue weighted by Gasteiger charge is -2.13. The molecule has 0 saturated carbocycles. The topological polar surface area (TPSA) is 167 Å². The molecule has 11 nitrogen and oxygen atoms in total. The Morgan fingerprint density at radius 1 is 0.931 bits per heavy atom. The summed E-state index contributed by atoms with van der Waals surface area (Å²) in [5, 5.41) is 42.1. The van der Waals surface area contributed by atoms with Crippen molar-refractivity contribution in [1.29, 1.82) is 0 Å². The Kier molecular flexibility index (Phi) is 8.33. The fourth-order valence-electron chi connectivity index (χ4n) is 2.36. The third-order valence-electron chi connectivity index (χ3n) is 3.79. The first-order chi connectivity index (χ1) is 13.4. The summed E-state index contributed by atoms with van der Waals surface area (Å²) in [4.78, 5) is 30.8. The van der Waals surface area contributed by atoms with Crippen LogP contribution in [-0.4, -0.2) is 22.8 Å². The number of rotatable bonds is 7. The number of nitro benzene ring substituents is 3. The molecular weight excluding hydrogens is 400 g/mol. The van der Waals surface area contributed by atoms with Crippen LogP contribution in [0.15, 0.2) is 36.5 Å². The summed E-state index contributed by atoms with van der Waals surface area (Å²) in [6.45, 7) is 7.30. The Balaban J connectivity index is 0.000000296. The standard InChI is InChI=1S/C11H19NSi.C6H3N3O7/c1-13(2,3)10-6-8-11-7-4-5-9-12-11;10-6-4(8(13)14)1-3(7(11)12)2-5(6)9(15)16/h4-5,7,9H,6,8,10H2,1-3H3;1-2,10H. The van der Waals surface area contributed by atoms with Crippen molar-refractivity contribution in [3.8, 4) is 5.75 Å². The van der Waals surface area contributed by atoms with E-state index in [-0.39, 0.29) is 0 Å². The van der Waals surface area contributed by atoms with Crippen LogP contribution in [0.1, 0.15) is 12.1 Å². The number of hydrogen-bond donors (Lipinski definition) is 0. The second kappa shape index (κ2) is 10.2. The lowest BCUT2D eigenvalue weighted by Crippen LogP contribution is -2.19. The highest BCUT2D eigenvalue weighted by atomic mass is 28.3. The van der Waals surface area contributed by atoms with Crippen LogP contribution >= 0.6 is 0 Å². The quantitative estimate of drug-likeness (QED) is 0.375. The van der Waals surface area contributed by atoms with E-state index in [9.17, 15) is 35.4 Å². The molecular formula is C17H22N4O7Si. The van der Waals surface area contributed by atoms with Gasteiger partial charge in [-0.1, -0.05) is 31.8 Å². The van der Waals surface area contributed by atoms with E-state index in [1.807, 2.05) is 12.3 Å². The van der Waals surface area contributed by atoms with E-state index in [0.29, 0.717) is 12.1 Å². The van der Waals surface area contributed by atoms with Gasteiger partial charge in [-0.3, -0.25) is 30.3 Å². The van der Waals surface area contributed by atoms with Crippen molar-refractivity contribution in [2.45, 2.75) is 38.5 Å². The van der Waals surface area contributed by atoms with Gasteiger partial charge in [0.25, 0.3) is 17.1 Å². The molecule has 0 unspecified atom stereocenters. The molecule has 1 aromatic heterocycles. The number of nitro groups is 3. The minimum atomic E-state index is -1.46. The summed E-state index contributed by atoms with van der Waals surface area (Å²) in [5.74, 6) is -1.46. The molecule has 156 valence electrons. The third-order valence-corrected chi connectivity index (χ3v) is 5.64. The van der Waals surface area contributed by atoms with Crippen LogP contribution in [-0.2, 0) is 6.42 Å². The van der Waals surface area contributed by atoms with Crippen molar-refractivity contribution in [2.75, 3.05) is 0 Å². The van der Waals surface area contributed by atoms with Gasteiger partial charge in [-0.25, -0.2) is 4.98 Å². The second-order valence-corrected chi connectivity index (χ2v) is 13.0. The average Bonchev–Trinajstić information content (AvgIpc) is 2.61. The number of H-pyrrole nitrogens is 1. The zero-order valence-corrected chi connectivity index (χ0v) is 17.3. The molecule has 0 aliphatic heterocycles.